The third-order valence-electron chi connectivity index (χ3n) is 6.85. The Labute approximate surface area is 206 Å². The van der Waals surface area contributed by atoms with Gasteiger partial charge in [-0.3, -0.25) is 0 Å². The Bertz CT molecular complexity index is 1290. The van der Waals surface area contributed by atoms with Gasteiger partial charge in [-0.25, -0.2) is 22.5 Å². The van der Waals surface area contributed by atoms with Crippen molar-refractivity contribution < 1.29 is 32.1 Å². The molecule has 0 amide bonds. The summed E-state index contributed by atoms with van der Waals surface area (Å²) in [4.78, 5) is 4.32. The molecular weight excluding hydrogens is 474 g/mol. The van der Waals surface area contributed by atoms with Crippen LogP contribution in [0.5, 0.6) is 11.6 Å². The first-order valence-corrected chi connectivity index (χ1v) is 12.0. The zero-order valence-electron chi connectivity index (χ0n) is 20.0. The average molecular weight is 502 g/mol. The monoisotopic (exact) mass is 501 g/mol. The summed E-state index contributed by atoms with van der Waals surface area (Å²) in [5, 5.41) is 9.77. The van der Waals surface area contributed by atoms with Crippen LogP contribution >= 0.6 is 0 Å². The van der Waals surface area contributed by atoms with Gasteiger partial charge in [-0.1, -0.05) is 6.07 Å². The Morgan fingerprint density at radius 1 is 1.08 bits per heavy atom. The molecule has 190 valence electrons. The minimum Gasteiger partial charge on any atom is -0.490 e. The first-order chi connectivity index (χ1) is 17.1. The second-order valence-corrected chi connectivity index (χ2v) is 10.2. The maximum atomic E-state index is 14.7. The number of rotatable bonds is 9. The zero-order valence-corrected chi connectivity index (χ0v) is 20.0. The molecule has 1 N–H and O–H groups in total. The van der Waals surface area contributed by atoms with E-state index in [-0.39, 0.29) is 42.1 Å². The third-order valence-corrected chi connectivity index (χ3v) is 6.85. The number of hydrogen-bond donors (Lipinski definition) is 1. The van der Waals surface area contributed by atoms with E-state index in [1.165, 1.54) is 35.7 Å². The summed E-state index contributed by atoms with van der Waals surface area (Å²) >= 11 is 0. The fourth-order valence-corrected chi connectivity index (χ4v) is 4.73. The Hall–Kier alpha value is -3.13. The van der Waals surface area contributed by atoms with Crippen LogP contribution in [0.2, 0.25) is 0 Å². The molecule has 0 bridgehead atoms. The van der Waals surface area contributed by atoms with Gasteiger partial charge in [0.05, 0.1) is 12.2 Å². The highest BCUT2D eigenvalue weighted by Gasteiger charge is 2.45. The van der Waals surface area contributed by atoms with E-state index in [0.717, 1.165) is 18.6 Å². The van der Waals surface area contributed by atoms with Crippen LogP contribution in [0, 0.1) is 17.6 Å². The van der Waals surface area contributed by atoms with E-state index < -0.39 is 29.2 Å². The summed E-state index contributed by atoms with van der Waals surface area (Å²) in [5.74, 6) is 0.00870. The van der Waals surface area contributed by atoms with Crippen molar-refractivity contribution in [2.45, 2.75) is 57.7 Å². The van der Waals surface area contributed by atoms with Crippen molar-refractivity contribution in [3.63, 3.8) is 0 Å². The van der Waals surface area contributed by atoms with E-state index in [1.54, 1.807) is 20.0 Å². The van der Waals surface area contributed by atoms with Gasteiger partial charge in [0, 0.05) is 29.8 Å². The van der Waals surface area contributed by atoms with E-state index in [9.17, 15) is 22.7 Å². The number of alkyl halides is 2. The highest BCUT2D eigenvalue weighted by atomic mass is 19.3. The summed E-state index contributed by atoms with van der Waals surface area (Å²) in [6, 6.07) is 7.76. The highest BCUT2D eigenvalue weighted by molar-refractivity contribution is 5.69. The first-order valence-electron chi connectivity index (χ1n) is 12.0. The molecule has 2 aliphatic rings. The number of pyridine rings is 1. The van der Waals surface area contributed by atoms with Gasteiger partial charge in [0.2, 0.25) is 5.88 Å². The number of hydrogen-bond acceptors (Lipinski definition) is 4. The zero-order chi connectivity index (χ0) is 25.6. The van der Waals surface area contributed by atoms with Gasteiger partial charge in [-0.15, -0.1) is 0 Å². The summed E-state index contributed by atoms with van der Waals surface area (Å²) in [7, 11) is 0. The van der Waals surface area contributed by atoms with Gasteiger partial charge in [0.1, 0.15) is 12.4 Å². The molecule has 2 atom stereocenters. The van der Waals surface area contributed by atoms with Gasteiger partial charge in [0.25, 0.3) is 6.43 Å². The molecule has 0 saturated heterocycles. The maximum Gasteiger partial charge on any atom is 0.264 e. The second-order valence-electron chi connectivity index (χ2n) is 10.2. The van der Waals surface area contributed by atoms with Crippen LogP contribution in [0.4, 0.5) is 17.6 Å². The molecule has 2 aromatic carbocycles. The Morgan fingerprint density at radius 3 is 2.61 bits per heavy atom. The Morgan fingerprint density at radius 2 is 1.89 bits per heavy atom. The molecule has 36 heavy (non-hydrogen) atoms. The third kappa shape index (κ3) is 5.19. The second kappa shape index (κ2) is 9.39. The van der Waals surface area contributed by atoms with Gasteiger partial charge in [-0.05, 0) is 85.0 Å². The number of nitrogens with zero attached hydrogens (tertiary/aromatic N) is 1. The highest BCUT2D eigenvalue weighted by Crippen LogP contribution is 2.56. The van der Waals surface area contributed by atoms with E-state index in [4.69, 9.17) is 9.47 Å². The molecule has 5 rings (SSSR count). The van der Waals surface area contributed by atoms with Crippen molar-refractivity contribution in [2.24, 2.45) is 5.92 Å². The predicted molar refractivity (Wildman–Crippen MR) is 126 cm³/mol. The van der Waals surface area contributed by atoms with Crippen molar-refractivity contribution in [2.75, 3.05) is 6.61 Å². The first kappa shape index (κ1) is 24.6. The van der Waals surface area contributed by atoms with E-state index in [0.29, 0.717) is 17.7 Å². The van der Waals surface area contributed by atoms with Gasteiger partial charge < -0.3 is 14.6 Å². The standard InChI is InChI=1S/C28H27F4NO3/c1-28(2,34)5-6-35-25-4-3-15(10-24(25)30)19-9-18(23(29)12-21(19)27(31)32)14-36-26-11-17-7-16-8-20(16)22(17)13-33-26/h3-4,9-13,16,20,27,34H,5-8,14H2,1-2H3/t16-,20+/m0/s1. The van der Waals surface area contributed by atoms with Crippen molar-refractivity contribution >= 4 is 0 Å². The lowest BCUT2D eigenvalue weighted by Gasteiger charge is -2.18. The molecule has 0 spiro atoms. The quantitative estimate of drug-likeness (QED) is 0.330. The lowest BCUT2D eigenvalue weighted by atomic mass is 9.96. The van der Waals surface area contributed by atoms with Crippen molar-refractivity contribution in [1.82, 2.24) is 4.98 Å². The minimum atomic E-state index is -2.96. The topological polar surface area (TPSA) is 51.6 Å². The number of fused-ring (bicyclic) bond motifs is 3. The molecule has 3 aromatic rings. The van der Waals surface area contributed by atoms with Gasteiger partial charge in [-0.2, -0.15) is 0 Å². The number of halogens is 4. The summed E-state index contributed by atoms with van der Waals surface area (Å²) in [6.45, 7) is 3.10. The van der Waals surface area contributed by atoms with E-state index in [2.05, 4.69) is 4.98 Å². The summed E-state index contributed by atoms with van der Waals surface area (Å²) in [5.41, 5.74) is 1.16. The number of aromatic nitrogens is 1. The molecule has 0 radical (unpaired) electrons. The largest absolute Gasteiger partial charge is 0.490 e. The van der Waals surface area contributed by atoms with Crippen molar-refractivity contribution in [3.05, 3.63) is 76.5 Å². The van der Waals surface area contributed by atoms with Crippen LogP contribution < -0.4 is 9.47 Å². The van der Waals surface area contributed by atoms with Gasteiger partial charge in [0.15, 0.2) is 11.6 Å². The number of ether oxygens (including phenoxy) is 2. The van der Waals surface area contributed by atoms with Gasteiger partial charge >= 0.3 is 0 Å². The summed E-state index contributed by atoms with van der Waals surface area (Å²) < 4.78 is 68.0. The van der Waals surface area contributed by atoms with Crippen molar-refractivity contribution in [1.29, 1.82) is 0 Å². The number of aliphatic hydroxyl groups is 1. The van der Waals surface area contributed by atoms with Crippen LogP contribution in [-0.2, 0) is 13.0 Å². The lowest BCUT2D eigenvalue weighted by Crippen LogP contribution is -2.21. The molecule has 0 aliphatic heterocycles. The molecule has 1 saturated carbocycles. The molecule has 1 heterocycles. The van der Waals surface area contributed by atoms with Crippen LogP contribution in [-0.4, -0.2) is 22.3 Å². The number of benzene rings is 2. The van der Waals surface area contributed by atoms with Crippen LogP contribution in [0.15, 0.2) is 42.6 Å². The van der Waals surface area contributed by atoms with E-state index in [1.807, 2.05) is 6.07 Å². The van der Waals surface area contributed by atoms with Crippen LogP contribution in [0.1, 0.15) is 61.3 Å². The van der Waals surface area contributed by atoms with E-state index >= 15 is 0 Å². The normalized spacial score (nSPS) is 18.2. The molecule has 8 heteroatoms. The fourth-order valence-electron chi connectivity index (χ4n) is 4.73. The molecule has 0 unspecified atom stereocenters. The molecule has 1 fully saturated rings. The predicted octanol–water partition coefficient (Wildman–Crippen LogP) is 6.74. The molecule has 1 aromatic heterocycles. The smallest absolute Gasteiger partial charge is 0.264 e. The molecule has 4 nitrogen and oxygen atoms in total. The SMILES string of the molecule is CC(C)(O)CCOc1ccc(-c2cc(COc3cc4c(cn3)[C@@H]3C[C@@H]3C4)c(F)cc2C(F)F)cc1F. The van der Waals surface area contributed by atoms with Crippen LogP contribution in [0.25, 0.3) is 11.1 Å². The summed E-state index contributed by atoms with van der Waals surface area (Å²) in [6.07, 6.45) is 1.32. The Balaban J connectivity index is 1.36. The molecular formula is C28H27F4NO3. The lowest BCUT2D eigenvalue weighted by molar-refractivity contribution is 0.0547. The molecule has 2 aliphatic carbocycles. The Kier molecular flexibility index (Phi) is 6.41. The minimum absolute atomic E-state index is 0.00828. The fraction of sp³-hybridized carbons (Fsp3) is 0.393. The average Bonchev–Trinajstić information content (AvgIpc) is 3.49. The van der Waals surface area contributed by atoms with Crippen LogP contribution in [0.3, 0.4) is 0 Å². The maximum absolute atomic E-state index is 14.7. The van der Waals surface area contributed by atoms with Crippen molar-refractivity contribution in [3.8, 4) is 22.8 Å².